The van der Waals surface area contributed by atoms with Crippen LogP contribution in [0.25, 0.3) is 0 Å². The maximum Gasteiger partial charge on any atom is -0.0351 e. The largest absolute Gasteiger partial charge is 0.0885 e. The Morgan fingerprint density at radius 2 is 0.607 bits per heavy atom. The lowest BCUT2D eigenvalue weighted by molar-refractivity contribution is 0.356. The molecule has 0 radical (unpaired) electrons. The van der Waals surface area contributed by atoms with Crippen LogP contribution in [0, 0.1) is 10.8 Å². The summed E-state index contributed by atoms with van der Waals surface area (Å²) in [5.41, 5.74) is 1.05. The SMILES string of the molecule is CC(C)(C)CCCCCCCCCC=CCCCCCCCCCC(C)(C)C. The van der Waals surface area contributed by atoms with Crippen molar-refractivity contribution in [1.29, 1.82) is 0 Å². The summed E-state index contributed by atoms with van der Waals surface area (Å²) in [5, 5.41) is 0. The van der Waals surface area contributed by atoms with Gasteiger partial charge in [0.15, 0.2) is 0 Å². The molecule has 0 aliphatic rings. The molecular formula is C28H56. The Labute approximate surface area is 180 Å². The number of rotatable bonds is 18. The Hall–Kier alpha value is -0.260. The fraction of sp³-hybridized carbons (Fsp3) is 0.929. The van der Waals surface area contributed by atoms with Crippen molar-refractivity contribution in [2.75, 3.05) is 0 Å². The van der Waals surface area contributed by atoms with E-state index < -0.39 is 0 Å². The average molecular weight is 393 g/mol. The highest BCUT2D eigenvalue weighted by Gasteiger charge is 2.09. The van der Waals surface area contributed by atoms with Crippen molar-refractivity contribution in [3.8, 4) is 0 Å². The number of unbranched alkanes of at least 4 members (excludes halogenated alkanes) is 14. The summed E-state index contributed by atoms with van der Waals surface area (Å²) in [6.45, 7) is 14.1. The van der Waals surface area contributed by atoms with Crippen molar-refractivity contribution in [2.24, 2.45) is 10.8 Å². The van der Waals surface area contributed by atoms with Crippen LogP contribution < -0.4 is 0 Å². The minimum absolute atomic E-state index is 0.526. The average Bonchev–Trinajstić information content (AvgIpc) is 2.58. The summed E-state index contributed by atoms with van der Waals surface area (Å²) in [4.78, 5) is 0. The molecule has 0 aromatic carbocycles. The summed E-state index contributed by atoms with van der Waals surface area (Å²) in [6.07, 6.45) is 30.3. The molecule has 0 aromatic heterocycles. The molecule has 0 aromatic rings. The van der Waals surface area contributed by atoms with E-state index in [1.165, 1.54) is 116 Å². The van der Waals surface area contributed by atoms with Crippen LogP contribution in [0.4, 0.5) is 0 Å². The smallest absolute Gasteiger partial charge is 0.0351 e. The Kier molecular flexibility index (Phi) is 17.4. The topological polar surface area (TPSA) is 0 Å². The minimum atomic E-state index is 0.526. The first-order chi connectivity index (χ1) is 13.2. The van der Waals surface area contributed by atoms with E-state index in [4.69, 9.17) is 0 Å². The molecule has 0 aliphatic heterocycles. The van der Waals surface area contributed by atoms with Gasteiger partial charge in [-0.2, -0.15) is 0 Å². The van der Waals surface area contributed by atoms with Crippen LogP contribution >= 0.6 is 0 Å². The molecule has 0 unspecified atom stereocenters. The van der Waals surface area contributed by atoms with Gasteiger partial charge in [0.05, 0.1) is 0 Å². The van der Waals surface area contributed by atoms with E-state index in [0.717, 1.165) is 0 Å². The van der Waals surface area contributed by atoms with Crippen LogP contribution in [0.5, 0.6) is 0 Å². The molecule has 0 fully saturated rings. The standard InChI is InChI=1S/C28H56/c1-27(2,3)25-23-21-19-17-15-13-11-9-7-8-10-12-14-16-18-20-22-24-26-28(4,5)6/h7-8H,9-26H2,1-6H3. The fourth-order valence-electron chi connectivity index (χ4n) is 3.84. The Morgan fingerprint density at radius 1 is 0.357 bits per heavy atom. The third-order valence-electron chi connectivity index (χ3n) is 5.76. The molecule has 168 valence electrons. The van der Waals surface area contributed by atoms with Gasteiger partial charge >= 0.3 is 0 Å². The normalized spacial score (nSPS) is 12.9. The van der Waals surface area contributed by atoms with Gasteiger partial charge in [-0.1, -0.05) is 131 Å². The molecule has 0 heterocycles. The molecule has 0 N–H and O–H groups in total. The van der Waals surface area contributed by atoms with Crippen molar-refractivity contribution in [3.63, 3.8) is 0 Å². The van der Waals surface area contributed by atoms with Crippen LogP contribution in [-0.2, 0) is 0 Å². The van der Waals surface area contributed by atoms with Crippen LogP contribution in [0.15, 0.2) is 12.2 Å². The molecule has 0 spiro atoms. The van der Waals surface area contributed by atoms with Gasteiger partial charge in [0, 0.05) is 0 Å². The maximum atomic E-state index is 2.44. The van der Waals surface area contributed by atoms with E-state index >= 15 is 0 Å². The number of hydrogen-bond acceptors (Lipinski definition) is 0. The fourth-order valence-corrected chi connectivity index (χ4v) is 3.84. The molecule has 0 atom stereocenters. The summed E-state index contributed by atoms with van der Waals surface area (Å²) in [7, 11) is 0. The van der Waals surface area contributed by atoms with Gasteiger partial charge in [0.1, 0.15) is 0 Å². The lowest BCUT2D eigenvalue weighted by atomic mass is 9.89. The Morgan fingerprint density at radius 3 is 0.893 bits per heavy atom. The number of hydrogen-bond donors (Lipinski definition) is 0. The van der Waals surface area contributed by atoms with Gasteiger partial charge in [-0.05, 0) is 49.4 Å². The van der Waals surface area contributed by atoms with Crippen LogP contribution in [-0.4, -0.2) is 0 Å². The molecule has 0 rings (SSSR count). The monoisotopic (exact) mass is 392 g/mol. The van der Waals surface area contributed by atoms with Crippen LogP contribution in [0.3, 0.4) is 0 Å². The zero-order chi connectivity index (χ0) is 21.1. The lowest BCUT2D eigenvalue weighted by Crippen LogP contribution is -2.03. The molecule has 0 saturated carbocycles. The van der Waals surface area contributed by atoms with Crippen LogP contribution in [0.2, 0.25) is 0 Å². The zero-order valence-corrected chi connectivity index (χ0v) is 20.9. The van der Waals surface area contributed by atoms with Crippen molar-refractivity contribution in [3.05, 3.63) is 12.2 Å². The summed E-state index contributed by atoms with van der Waals surface area (Å²) >= 11 is 0. The highest BCUT2D eigenvalue weighted by Crippen LogP contribution is 2.23. The molecule has 0 heteroatoms. The van der Waals surface area contributed by atoms with E-state index in [2.05, 4.69) is 53.7 Å². The second-order valence-corrected chi connectivity index (χ2v) is 11.6. The first-order valence-electron chi connectivity index (χ1n) is 12.9. The third kappa shape index (κ3) is 25.7. The molecule has 28 heavy (non-hydrogen) atoms. The van der Waals surface area contributed by atoms with Gasteiger partial charge in [0.25, 0.3) is 0 Å². The van der Waals surface area contributed by atoms with Gasteiger partial charge in [-0.3, -0.25) is 0 Å². The Balaban J connectivity index is 3.17. The van der Waals surface area contributed by atoms with Crippen molar-refractivity contribution in [1.82, 2.24) is 0 Å². The summed E-state index contributed by atoms with van der Waals surface area (Å²) < 4.78 is 0. The highest BCUT2D eigenvalue weighted by atomic mass is 14.1. The van der Waals surface area contributed by atoms with Gasteiger partial charge in [0.2, 0.25) is 0 Å². The predicted octanol–water partition coefficient (Wildman–Crippen LogP) is 10.7. The number of allylic oxidation sites excluding steroid dienone is 2. The van der Waals surface area contributed by atoms with Crippen LogP contribution in [0.1, 0.15) is 157 Å². The quantitative estimate of drug-likeness (QED) is 0.161. The molecule has 0 saturated heterocycles. The lowest BCUT2D eigenvalue weighted by Gasteiger charge is -2.17. The van der Waals surface area contributed by atoms with Gasteiger partial charge in [-0.15, -0.1) is 0 Å². The van der Waals surface area contributed by atoms with E-state index in [0.29, 0.717) is 10.8 Å². The minimum Gasteiger partial charge on any atom is -0.0885 e. The summed E-state index contributed by atoms with van der Waals surface area (Å²) in [5.74, 6) is 0. The first kappa shape index (κ1) is 27.7. The van der Waals surface area contributed by atoms with Crippen molar-refractivity contribution >= 4 is 0 Å². The highest BCUT2D eigenvalue weighted by molar-refractivity contribution is 4.81. The predicted molar refractivity (Wildman–Crippen MR) is 131 cm³/mol. The van der Waals surface area contributed by atoms with E-state index in [9.17, 15) is 0 Å². The van der Waals surface area contributed by atoms with Crippen molar-refractivity contribution < 1.29 is 0 Å². The Bertz CT molecular complexity index is 302. The molecule has 0 bridgehead atoms. The zero-order valence-electron chi connectivity index (χ0n) is 20.9. The van der Waals surface area contributed by atoms with Gasteiger partial charge < -0.3 is 0 Å². The van der Waals surface area contributed by atoms with Gasteiger partial charge in [-0.25, -0.2) is 0 Å². The second kappa shape index (κ2) is 17.6. The maximum absolute atomic E-state index is 2.44. The first-order valence-corrected chi connectivity index (χ1v) is 12.9. The van der Waals surface area contributed by atoms with E-state index in [1.807, 2.05) is 0 Å². The summed E-state index contributed by atoms with van der Waals surface area (Å²) in [6, 6.07) is 0. The van der Waals surface area contributed by atoms with E-state index in [-0.39, 0.29) is 0 Å². The molecule has 0 nitrogen and oxygen atoms in total. The molecular weight excluding hydrogens is 336 g/mol. The van der Waals surface area contributed by atoms with Crippen molar-refractivity contribution in [2.45, 2.75) is 157 Å². The molecule has 0 aliphatic carbocycles. The molecule has 0 amide bonds. The third-order valence-corrected chi connectivity index (χ3v) is 5.76. The van der Waals surface area contributed by atoms with E-state index in [1.54, 1.807) is 0 Å². The second-order valence-electron chi connectivity index (χ2n) is 11.6.